The van der Waals surface area contributed by atoms with E-state index in [1.807, 2.05) is 0 Å². The van der Waals surface area contributed by atoms with Gasteiger partial charge in [-0.3, -0.25) is 4.79 Å². The summed E-state index contributed by atoms with van der Waals surface area (Å²) in [7, 11) is 0. The number of nitrogens with one attached hydrogen (secondary N) is 1. The van der Waals surface area contributed by atoms with Gasteiger partial charge in [0.25, 0.3) is 0 Å². The molecule has 1 unspecified atom stereocenters. The average molecular weight is 484 g/mol. The van der Waals surface area contributed by atoms with Crippen LogP contribution in [0, 0.1) is 11.6 Å². The molecule has 1 amide bonds. The number of aromatic amines is 1. The topological polar surface area (TPSA) is 61.9 Å². The van der Waals surface area contributed by atoms with Crippen LogP contribution < -0.4 is 4.90 Å². The lowest BCUT2D eigenvalue weighted by Gasteiger charge is -2.24. The Morgan fingerprint density at radius 2 is 1.69 bits per heavy atom. The van der Waals surface area contributed by atoms with Crippen LogP contribution in [0.4, 0.5) is 33.6 Å². The highest BCUT2D eigenvalue weighted by molar-refractivity contribution is 6.12. The maximum atomic E-state index is 13.9. The molecular formula is C25H17F5N4O. The van der Waals surface area contributed by atoms with Crippen LogP contribution in [-0.4, -0.2) is 21.1 Å². The molecule has 0 saturated carbocycles. The third-order valence-electron chi connectivity index (χ3n) is 6.12. The summed E-state index contributed by atoms with van der Waals surface area (Å²) in [4.78, 5) is 19.1. The van der Waals surface area contributed by atoms with Crippen molar-refractivity contribution in [3.63, 3.8) is 0 Å². The monoisotopic (exact) mass is 484 g/mol. The van der Waals surface area contributed by atoms with Gasteiger partial charge in [0.15, 0.2) is 0 Å². The summed E-state index contributed by atoms with van der Waals surface area (Å²) in [6, 6.07) is 12.8. The molecule has 10 heteroatoms. The van der Waals surface area contributed by atoms with Crippen LogP contribution in [0.15, 0.2) is 67.0 Å². The van der Waals surface area contributed by atoms with Crippen LogP contribution in [0.5, 0.6) is 0 Å². The molecule has 0 fully saturated rings. The minimum Gasteiger partial charge on any atom is -0.273 e. The van der Waals surface area contributed by atoms with Crippen molar-refractivity contribution in [3.05, 3.63) is 95.3 Å². The van der Waals surface area contributed by atoms with Gasteiger partial charge in [-0.25, -0.2) is 18.8 Å². The SMILES string of the molecule is CC1(Cc2cc(F)cc(F)c2)C(=O)N(c2ncn[nH]2)c2ccc(-c3cccc(C(F)(F)F)c3)cc21. The molecule has 178 valence electrons. The Balaban J connectivity index is 1.66. The number of fused-ring (bicyclic) bond motifs is 1. The smallest absolute Gasteiger partial charge is 0.273 e. The summed E-state index contributed by atoms with van der Waals surface area (Å²) in [6.45, 7) is 1.63. The van der Waals surface area contributed by atoms with Crippen molar-refractivity contribution in [2.75, 3.05) is 4.90 Å². The number of alkyl halides is 3. The Kier molecular flexibility index (Phi) is 5.19. The number of H-pyrrole nitrogens is 1. The third-order valence-corrected chi connectivity index (χ3v) is 6.12. The highest BCUT2D eigenvalue weighted by Gasteiger charge is 2.49. The molecular weight excluding hydrogens is 467 g/mol. The van der Waals surface area contributed by atoms with Crippen LogP contribution in [0.1, 0.15) is 23.6 Å². The molecule has 1 aliphatic rings. The Morgan fingerprint density at radius 3 is 2.34 bits per heavy atom. The number of aromatic nitrogens is 3. The van der Waals surface area contributed by atoms with Gasteiger partial charge >= 0.3 is 6.18 Å². The largest absolute Gasteiger partial charge is 0.416 e. The summed E-state index contributed by atoms with van der Waals surface area (Å²) in [6.07, 6.45) is -3.33. The molecule has 5 nitrogen and oxygen atoms in total. The number of anilines is 2. The van der Waals surface area contributed by atoms with Gasteiger partial charge in [0.2, 0.25) is 11.9 Å². The fourth-order valence-corrected chi connectivity index (χ4v) is 4.51. The molecule has 0 saturated heterocycles. The van der Waals surface area contributed by atoms with E-state index in [4.69, 9.17) is 0 Å². The van der Waals surface area contributed by atoms with Gasteiger partial charge in [0.1, 0.15) is 18.0 Å². The standard InChI is InChI=1S/C25H17F5N4O/c1-24(12-14-7-18(26)11-19(27)8-14)20-10-16(15-3-2-4-17(9-15)25(28,29)30)5-6-21(20)34(22(24)35)23-31-13-32-33-23/h2-11,13H,12H2,1H3,(H,31,32,33). The molecule has 4 aromatic rings. The van der Waals surface area contributed by atoms with Gasteiger partial charge in [0.05, 0.1) is 16.7 Å². The predicted octanol–water partition coefficient (Wildman–Crippen LogP) is 5.95. The highest BCUT2D eigenvalue weighted by Crippen LogP contribution is 2.48. The summed E-state index contributed by atoms with van der Waals surface area (Å²) >= 11 is 0. The zero-order valence-electron chi connectivity index (χ0n) is 18.2. The number of benzene rings is 3. The maximum absolute atomic E-state index is 13.9. The van der Waals surface area contributed by atoms with E-state index in [0.717, 1.165) is 30.3 Å². The van der Waals surface area contributed by atoms with Crippen LogP contribution in [-0.2, 0) is 22.8 Å². The minimum atomic E-state index is -4.51. The number of rotatable bonds is 4. The van der Waals surface area contributed by atoms with Crippen LogP contribution in [0.3, 0.4) is 0 Å². The van der Waals surface area contributed by atoms with Crippen LogP contribution in [0.25, 0.3) is 11.1 Å². The molecule has 0 spiro atoms. The number of carbonyl (C=O) groups excluding carboxylic acids is 1. The van der Waals surface area contributed by atoms with Crippen molar-refractivity contribution in [2.24, 2.45) is 0 Å². The normalized spacial score (nSPS) is 17.7. The first kappa shape index (κ1) is 22.7. The quantitative estimate of drug-likeness (QED) is 0.365. The van der Waals surface area contributed by atoms with E-state index in [-0.39, 0.29) is 17.9 Å². The van der Waals surface area contributed by atoms with Gasteiger partial charge < -0.3 is 0 Å². The van der Waals surface area contributed by atoms with E-state index < -0.39 is 34.7 Å². The lowest BCUT2D eigenvalue weighted by atomic mass is 9.77. The van der Waals surface area contributed by atoms with Crippen molar-refractivity contribution in [1.82, 2.24) is 15.2 Å². The predicted molar refractivity (Wildman–Crippen MR) is 118 cm³/mol. The van der Waals surface area contributed by atoms with Crippen molar-refractivity contribution >= 4 is 17.5 Å². The number of carbonyl (C=O) groups is 1. The Hall–Kier alpha value is -4.08. The number of halogens is 5. The molecule has 0 bridgehead atoms. The average Bonchev–Trinajstić information content (AvgIpc) is 3.38. The van der Waals surface area contributed by atoms with Crippen molar-refractivity contribution in [2.45, 2.75) is 24.9 Å². The summed E-state index contributed by atoms with van der Waals surface area (Å²) in [5.74, 6) is -1.83. The summed E-state index contributed by atoms with van der Waals surface area (Å²) in [5, 5.41) is 6.43. The first-order chi connectivity index (χ1) is 16.6. The van der Waals surface area contributed by atoms with E-state index in [1.54, 1.807) is 31.2 Å². The van der Waals surface area contributed by atoms with E-state index in [1.165, 1.54) is 17.3 Å². The summed E-state index contributed by atoms with van der Waals surface area (Å²) in [5.41, 5.74) is -0.132. The molecule has 1 atom stereocenters. The molecule has 1 N–H and O–H groups in total. The van der Waals surface area contributed by atoms with Crippen molar-refractivity contribution in [1.29, 1.82) is 0 Å². The zero-order valence-corrected chi connectivity index (χ0v) is 18.2. The molecule has 1 aromatic heterocycles. The zero-order chi connectivity index (χ0) is 25.0. The van der Waals surface area contributed by atoms with Gasteiger partial charge in [-0.05, 0) is 72.0 Å². The van der Waals surface area contributed by atoms with Crippen molar-refractivity contribution in [3.8, 4) is 11.1 Å². The minimum absolute atomic E-state index is 0.0514. The van der Waals surface area contributed by atoms with Crippen molar-refractivity contribution < 1.29 is 26.7 Å². The Bertz CT molecular complexity index is 1410. The summed E-state index contributed by atoms with van der Waals surface area (Å²) < 4.78 is 67.6. The van der Waals surface area contributed by atoms with Gasteiger partial charge in [0, 0.05) is 6.07 Å². The molecule has 35 heavy (non-hydrogen) atoms. The van der Waals surface area contributed by atoms with Gasteiger partial charge in [-0.15, -0.1) is 0 Å². The van der Waals surface area contributed by atoms with Gasteiger partial charge in [-0.2, -0.15) is 23.3 Å². The fourth-order valence-electron chi connectivity index (χ4n) is 4.51. The molecule has 0 radical (unpaired) electrons. The molecule has 5 rings (SSSR count). The Labute approximate surface area is 196 Å². The second-order valence-electron chi connectivity index (χ2n) is 8.55. The molecule has 0 aliphatic carbocycles. The molecule has 2 heterocycles. The second kappa shape index (κ2) is 8.00. The molecule has 1 aliphatic heterocycles. The number of hydrogen-bond acceptors (Lipinski definition) is 3. The Morgan fingerprint density at radius 1 is 0.971 bits per heavy atom. The second-order valence-corrected chi connectivity index (χ2v) is 8.55. The third kappa shape index (κ3) is 3.94. The fraction of sp³-hybridized carbons (Fsp3) is 0.160. The number of nitrogens with zero attached hydrogens (tertiary/aromatic N) is 3. The highest BCUT2D eigenvalue weighted by atomic mass is 19.4. The first-order valence-corrected chi connectivity index (χ1v) is 10.5. The van der Waals surface area contributed by atoms with E-state index in [0.29, 0.717) is 22.4 Å². The van der Waals surface area contributed by atoms with Crippen LogP contribution in [0.2, 0.25) is 0 Å². The van der Waals surface area contributed by atoms with E-state index in [2.05, 4.69) is 15.2 Å². The van der Waals surface area contributed by atoms with E-state index in [9.17, 15) is 26.7 Å². The molecule has 3 aromatic carbocycles. The van der Waals surface area contributed by atoms with Gasteiger partial charge in [-0.1, -0.05) is 18.2 Å². The number of hydrogen-bond donors (Lipinski definition) is 1. The first-order valence-electron chi connectivity index (χ1n) is 10.5. The lowest BCUT2D eigenvalue weighted by Crippen LogP contribution is -2.38. The lowest BCUT2D eigenvalue weighted by molar-refractivity contribution is -0.137. The van der Waals surface area contributed by atoms with E-state index >= 15 is 0 Å². The van der Waals surface area contributed by atoms with Crippen LogP contribution >= 0.6 is 0 Å². The number of amides is 1. The maximum Gasteiger partial charge on any atom is 0.416 e.